The molecule has 126 valence electrons. The number of carbonyl (C=O) groups excluding carboxylic acids is 2. The van der Waals surface area contributed by atoms with E-state index in [-0.39, 0.29) is 29.7 Å². The quantitative estimate of drug-likeness (QED) is 0.859. The summed E-state index contributed by atoms with van der Waals surface area (Å²) in [7, 11) is 0. The fourth-order valence-electron chi connectivity index (χ4n) is 2.79. The second kappa shape index (κ2) is 7.25. The predicted molar refractivity (Wildman–Crippen MR) is 83.7 cm³/mol. The molecule has 1 aliphatic heterocycles. The first kappa shape index (κ1) is 16.2. The van der Waals surface area contributed by atoms with Gasteiger partial charge in [0.2, 0.25) is 5.91 Å². The van der Waals surface area contributed by atoms with Crippen LogP contribution in [0.4, 0.5) is 4.39 Å². The highest BCUT2D eigenvalue weighted by Gasteiger charge is 2.24. The van der Waals surface area contributed by atoms with Crippen molar-refractivity contribution in [1.29, 1.82) is 0 Å². The van der Waals surface area contributed by atoms with Gasteiger partial charge in [0.1, 0.15) is 12.1 Å². The first-order valence-corrected chi connectivity index (χ1v) is 7.85. The van der Waals surface area contributed by atoms with E-state index in [1.54, 1.807) is 21.9 Å². The van der Waals surface area contributed by atoms with Crippen molar-refractivity contribution in [3.8, 4) is 0 Å². The van der Waals surface area contributed by atoms with Gasteiger partial charge in [-0.15, -0.1) is 0 Å². The van der Waals surface area contributed by atoms with Crippen molar-refractivity contribution in [3.05, 3.63) is 53.7 Å². The topological polar surface area (TPSA) is 66.7 Å². The fraction of sp³-hybridized carbons (Fsp3) is 0.353. The third-order valence-electron chi connectivity index (χ3n) is 4.04. The van der Waals surface area contributed by atoms with Crippen molar-refractivity contribution in [3.63, 3.8) is 0 Å². The number of nitrogens with zero attached hydrogens (tertiary/aromatic N) is 3. The van der Waals surface area contributed by atoms with Crippen LogP contribution >= 0.6 is 0 Å². The van der Waals surface area contributed by atoms with Gasteiger partial charge < -0.3 is 14.3 Å². The minimum absolute atomic E-state index is 0.0589. The Morgan fingerprint density at radius 2 is 1.92 bits per heavy atom. The lowest BCUT2D eigenvalue weighted by molar-refractivity contribution is -0.130. The molecule has 1 aromatic carbocycles. The summed E-state index contributed by atoms with van der Waals surface area (Å²) in [6, 6.07) is 7.58. The van der Waals surface area contributed by atoms with E-state index in [1.165, 1.54) is 24.5 Å². The number of hydrogen-bond acceptors (Lipinski definition) is 4. The Morgan fingerprint density at radius 1 is 1.12 bits per heavy atom. The molecule has 0 radical (unpaired) electrons. The molecule has 3 rings (SSSR count). The van der Waals surface area contributed by atoms with E-state index in [0.717, 1.165) is 0 Å². The SMILES string of the molecule is O=C(Cc1cccc(F)c1)N1CCCN(C(=O)c2ccon2)CC1. The van der Waals surface area contributed by atoms with Gasteiger partial charge in [-0.1, -0.05) is 17.3 Å². The van der Waals surface area contributed by atoms with Crippen LogP contribution in [0.5, 0.6) is 0 Å². The Morgan fingerprint density at radius 3 is 2.67 bits per heavy atom. The van der Waals surface area contributed by atoms with Crippen LogP contribution in [-0.2, 0) is 11.2 Å². The second-order valence-corrected chi connectivity index (χ2v) is 5.72. The molecule has 0 N–H and O–H groups in total. The third kappa shape index (κ3) is 3.79. The lowest BCUT2D eigenvalue weighted by Crippen LogP contribution is -2.38. The average Bonchev–Trinajstić information content (AvgIpc) is 2.98. The fourth-order valence-corrected chi connectivity index (χ4v) is 2.79. The van der Waals surface area contributed by atoms with Crippen LogP contribution in [0.3, 0.4) is 0 Å². The molecule has 24 heavy (non-hydrogen) atoms. The number of hydrogen-bond donors (Lipinski definition) is 0. The molecule has 2 amide bonds. The zero-order valence-corrected chi connectivity index (χ0v) is 13.2. The molecule has 2 heterocycles. The normalized spacial score (nSPS) is 15.2. The molecular formula is C17H18FN3O3. The Kier molecular flexibility index (Phi) is 4.88. The molecule has 6 nitrogen and oxygen atoms in total. The van der Waals surface area contributed by atoms with E-state index in [9.17, 15) is 14.0 Å². The van der Waals surface area contributed by atoms with Crippen LogP contribution < -0.4 is 0 Å². The maximum absolute atomic E-state index is 13.2. The van der Waals surface area contributed by atoms with Gasteiger partial charge >= 0.3 is 0 Å². The number of carbonyl (C=O) groups is 2. The van der Waals surface area contributed by atoms with E-state index in [0.29, 0.717) is 38.2 Å². The van der Waals surface area contributed by atoms with Crippen molar-refractivity contribution in [1.82, 2.24) is 15.0 Å². The molecule has 1 aliphatic rings. The first-order valence-electron chi connectivity index (χ1n) is 7.85. The third-order valence-corrected chi connectivity index (χ3v) is 4.04. The number of benzene rings is 1. The van der Waals surface area contributed by atoms with Crippen LogP contribution in [-0.4, -0.2) is 52.9 Å². The Labute approximate surface area is 138 Å². The summed E-state index contributed by atoms with van der Waals surface area (Å²) in [6.45, 7) is 2.05. The summed E-state index contributed by atoms with van der Waals surface area (Å²) >= 11 is 0. The average molecular weight is 331 g/mol. The van der Waals surface area contributed by atoms with Gasteiger partial charge in [-0.2, -0.15) is 0 Å². The van der Waals surface area contributed by atoms with Crippen LogP contribution in [0, 0.1) is 5.82 Å². The zero-order chi connectivity index (χ0) is 16.9. The maximum atomic E-state index is 13.2. The number of halogens is 1. The highest BCUT2D eigenvalue weighted by molar-refractivity contribution is 5.92. The van der Waals surface area contributed by atoms with Crippen molar-refractivity contribution in [2.75, 3.05) is 26.2 Å². The number of amides is 2. The lowest BCUT2D eigenvalue weighted by Gasteiger charge is -2.21. The molecule has 0 spiro atoms. The highest BCUT2D eigenvalue weighted by atomic mass is 19.1. The molecule has 0 unspecified atom stereocenters. The molecule has 1 aromatic heterocycles. The molecule has 1 fully saturated rings. The summed E-state index contributed by atoms with van der Waals surface area (Å²) < 4.78 is 17.9. The second-order valence-electron chi connectivity index (χ2n) is 5.72. The van der Waals surface area contributed by atoms with E-state index in [2.05, 4.69) is 5.16 Å². The van der Waals surface area contributed by atoms with E-state index in [1.807, 2.05) is 0 Å². The van der Waals surface area contributed by atoms with Crippen molar-refractivity contribution < 1.29 is 18.5 Å². The lowest BCUT2D eigenvalue weighted by atomic mass is 10.1. The van der Waals surface area contributed by atoms with E-state index in [4.69, 9.17) is 4.52 Å². The van der Waals surface area contributed by atoms with Gasteiger partial charge in [-0.05, 0) is 24.1 Å². The minimum Gasteiger partial charge on any atom is -0.364 e. The molecule has 0 aliphatic carbocycles. The van der Waals surface area contributed by atoms with Gasteiger partial charge in [0, 0.05) is 32.2 Å². The Balaban J connectivity index is 1.59. The van der Waals surface area contributed by atoms with Gasteiger partial charge in [0.25, 0.3) is 5.91 Å². The molecule has 2 aromatic rings. The summed E-state index contributed by atoms with van der Waals surface area (Å²) in [5.74, 6) is -0.597. The smallest absolute Gasteiger partial charge is 0.276 e. The molecule has 0 saturated carbocycles. The molecule has 0 bridgehead atoms. The van der Waals surface area contributed by atoms with Crippen LogP contribution in [0.1, 0.15) is 22.5 Å². The minimum atomic E-state index is -0.347. The van der Waals surface area contributed by atoms with Crippen molar-refractivity contribution in [2.45, 2.75) is 12.8 Å². The van der Waals surface area contributed by atoms with E-state index >= 15 is 0 Å². The van der Waals surface area contributed by atoms with Crippen LogP contribution in [0.2, 0.25) is 0 Å². The summed E-state index contributed by atoms with van der Waals surface area (Å²) in [5.41, 5.74) is 0.925. The van der Waals surface area contributed by atoms with Crippen LogP contribution in [0.25, 0.3) is 0 Å². The van der Waals surface area contributed by atoms with Gasteiger partial charge in [0.05, 0.1) is 6.42 Å². The zero-order valence-electron chi connectivity index (χ0n) is 13.2. The largest absolute Gasteiger partial charge is 0.364 e. The molecule has 7 heteroatoms. The first-order chi connectivity index (χ1) is 11.6. The number of rotatable bonds is 3. The standard InChI is InChI=1S/C17H18FN3O3/c18-14-4-1-3-13(11-14)12-16(22)20-6-2-7-21(9-8-20)17(23)15-5-10-24-19-15/h1,3-5,10-11H,2,6-9,12H2. The van der Waals surface area contributed by atoms with Crippen LogP contribution in [0.15, 0.2) is 41.1 Å². The monoisotopic (exact) mass is 331 g/mol. The van der Waals surface area contributed by atoms with Gasteiger partial charge in [0.15, 0.2) is 5.69 Å². The van der Waals surface area contributed by atoms with Gasteiger partial charge in [-0.3, -0.25) is 9.59 Å². The molecular weight excluding hydrogens is 313 g/mol. The van der Waals surface area contributed by atoms with Gasteiger partial charge in [-0.25, -0.2) is 4.39 Å². The maximum Gasteiger partial charge on any atom is 0.276 e. The van der Waals surface area contributed by atoms with Crippen molar-refractivity contribution in [2.24, 2.45) is 0 Å². The highest BCUT2D eigenvalue weighted by Crippen LogP contribution is 2.11. The summed E-state index contributed by atoms with van der Waals surface area (Å²) in [5, 5.41) is 3.66. The summed E-state index contributed by atoms with van der Waals surface area (Å²) in [6.07, 6.45) is 2.22. The molecule has 0 atom stereocenters. The number of aromatic nitrogens is 1. The Hall–Kier alpha value is -2.70. The summed E-state index contributed by atoms with van der Waals surface area (Å²) in [4.78, 5) is 28.1. The van der Waals surface area contributed by atoms with Crippen molar-refractivity contribution >= 4 is 11.8 Å². The predicted octanol–water partition coefficient (Wildman–Crippen LogP) is 1.73. The Bertz CT molecular complexity index is 718. The van der Waals surface area contributed by atoms with E-state index < -0.39 is 0 Å². The molecule has 1 saturated heterocycles.